The average molecular weight is 478 g/mol. The van der Waals surface area contributed by atoms with Gasteiger partial charge in [0.15, 0.2) is 0 Å². The van der Waals surface area contributed by atoms with Crippen LogP contribution in [0.15, 0.2) is 60.7 Å². The van der Waals surface area contributed by atoms with Crippen LogP contribution in [0.2, 0.25) is 0 Å². The van der Waals surface area contributed by atoms with Gasteiger partial charge in [0.05, 0.1) is 13.7 Å². The molecule has 0 N–H and O–H groups in total. The SMILES string of the molecule is COCCCN1C(=O)N(Cc2ccccc2)C(=O)C12CCN(CC=Cc1ccc(OC)cc1)CC2. The molecule has 0 unspecified atom stereocenters. The summed E-state index contributed by atoms with van der Waals surface area (Å²) in [7, 11) is 3.32. The minimum atomic E-state index is -0.754. The zero-order valence-electron chi connectivity index (χ0n) is 20.7. The van der Waals surface area contributed by atoms with Crippen LogP contribution in [0, 0.1) is 0 Å². The van der Waals surface area contributed by atoms with E-state index in [2.05, 4.69) is 17.1 Å². The van der Waals surface area contributed by atoms with E-state index in [1.807, 2.05) is 59.5 Å². The summed E-state index contributed by atoms with van der Waals surface area (Å²) in [5.74, 6) is 0.785. The van der Waals surface area contributed by atoms with E-state index in [9.17, 15) is 9.59 Å². The number of imide groups is 1. The van der Waals surface area contributed by atoms with Gasteiger partial charge in [-0.2, -0.15) is 0 Å². The topological polar surface area (TPSA) is 62.3 Å². The van der Waals surface area contributed by atoms with Crippen LogP contribution in [0.5, 0.6) is 5.75 Å². The molecule has 0 saturated carbocycles. The van der Waals surface area contributed by atoms with Crippen molar-refractivity contribution in [3.8, 4) is 5.75 Å². The van der Waals surface area contributed by atoms with Crippen LogP contribution in [0.25, 0.3) is 6.08 Å². The Morgan fingerprint density at radius 3 is 2.34 bits per heavy atom. The number of likely N-dealkylation sites (tertiary alicyclic amines) is 1. The molecule has 2 aromatic rings. The van der Waals surface area contributed by atoms with Gasteiger partial charge in [-0.25, -0.2) is 4.79 Å². The van der Waals surface area contributed by atoms with E-state index in [1.54, 1.807) is 14.2 Å². The Morgan fingerprint density at radius 2 is 1.69 bits per heavy atom. The average Bonchev–Trinajstić information content (AvgIpc) is 3.08. The number of ether oxygens (including phenoxy) is 2. The van der Waals surface area contributed by atoms with E-state index in [1.165, 1.54) is 4.90 Å². The van der Waals surface area contributed by atoms with Crippen LogP contribution >= 0.6 is 0 Å². The molecular weight excluding hydrogens is 442 g/mol. The second-order valence-corrected chi connectivity index (χ2v) is 9.17. The molecule has 2 fully saturated rings. The van der Waals surface area contributed by atoms with Crippen LogP contribution in [0.1, 0.15) is 30.4 Å². The molecule has 2 aliphatic heterocycles. The quantitative estimate of drug-likeness (QED) is 0.382. The monoisotopic (exact) mass is 477 g/mol. The normalized spacial score (nSPS) is 18.2. The molecule has 7 nitrogen and oxygen atoms in total. The molecule has 2 saturated heterocycles. The summed E-state index contributed by atoms with van der Waals surface area (Å²) in [6.45, 7) is 3.75. The molecule has 3 amide bonds. The summed E-state index contributed by atoms with van der Waals surface area (Å²) < 4.78 is 10.4. The van der Waals surface area contributed by atoms with E-state index in [4.69, 9.17) is 9.47 Å². The van der Waals surface area contributed by atoms with Gasteiger partial charge in [0.1, 0.15) is 11.3 Å². The second kappa shape index (κ2) is 11.5. The van der Waals surface area contributed by atoms with Crippen molar-refractivity contribution in [2.45, 2.75) is 31.3 Å². The standard InChI is InChI=1S/C28H35N3O4/c1-34-21-7-18-31-27(33)30(22-24-8-4-3-5-9-24)26(32)28(31)15-19-29(20-16-28)17-6-10-23-11-13-25(35-2)14-12-23/h3-6,8-14H,7,15-22H2,1-2H3. The van der Waals surface area contributed by atoms with Crippen molar-refractivity contribution in [3.05, 3.63) is 71.8 Å². The summed E-state index contributed by atoms with van der Waals surface area (Å²) in [6.07, 6.45) is 6.26. The van der Waals surface area contributed by atoms with Crippen molar-refractivity contribution >= 4 is 18.0 Å². The van der Waals surface area contributed by atoms with Crippen LogP contribution in [0.3, 0.4) is 0 Å². The first-order chi connectivity index (χ1) is 17.1. The predicted molar refractivity (Wildman–Crippen MR) is 136 cm³/mol. The lowest BCUT2D eigenvalue weighted by atomic mass is 9.85. The number of carbonyl (C=O) groups is 2. The third kappa shape index (κ3) is 5.57. The van der Waals surface area contributed by atoms with Crippen LogP contribution in [-0.4, -0.2) is 79.2 Å². The number of methoxy groups -OCH3 is 2. The van der Waals surface area contributed by atoms with Gasteiger partial charge in [0.2, 0.25) is 0 Å². The molecule has 35 heavy (non-hydrogen) atoms. The van der Waals surface area contributed by atoms with Crippen molar-refractivity contribution in [2.24, 2.45) is 0 Å². The number of urea groups is 1. The third-order valence-electron chi connectivity index (χ3n) is 7.01. The molecule has 2 heterocycles. The molecule has 4 rings (SSSR count). The molecule has 0 aliphatic carbocycles. The second-order valence-electron chi connectivity index (χ2n) is 9.17. The van der Waals surface area contributed by atoms with Gasteiger partial charge in [0.25, 0.3) is 5.91 Å². The molecule has 2 aromatic carbocycles. The van der Waals surface area contributed by atoms with Crippen LogP contribution < -0.4 is 4.74 Å². The van der Waals surface area contributed by atoms with E-state index >= 15 is 0 Å². The van der Waals surface area contributed by atoms with Gasteiger partial charge in [-0.1, -0.05) is 54.6 Å². The molecule has 1 spiro atoms. The van der Waals surface area contributed by atoms with Gasteiger partial charge in [-0.3, -0.25) is 14.6 Å². The fourth-order valence-electron chi connectivity index (χ4n) is 5.01. The Balaban J connectivity index is 1.42. The lowest BCUT2D eigenvalue weighted by Gasteiger charge is -2.42. The number of carbonyl (C=O) groups excluding carboxylic acids is 2. The number of piperidine rings is 1. The maximum Gasteiger partial charge on any atom is 0.327 e. The van der Waals surface area contributed by atoms with Crippen LogP contribution in [0.4, 0.5) is 4.79 Å². The molecule has 2 aliphatic rings. The molecule has 7 heteroatoms. The highest BCUT2D eigenvalue weighted by Crippen LogP contribution is 2.38. The number of hydrogen-bond donors (Lipinski definition) is 0. The predicted octanol–water partition coefficient (Wildman–Crippen LogP) is 4.04. The van der Waals surface area contributed by atoms with E-state index < -0.39 is 5.54 Å². The minimum Gasteiger partial charge on any atom is -0.497 e. The Kier molecular flexibility index (Phi) is 8.21. The first kappa shape index (κ1) is 24.9. The van der Waals surface area contributed by atoms with Crippen molar-refractivity contribution in [1.82, 2.24) is 14.7 Å². The Labute approximate surface area is 207 Å². The van der Waals surface area contributed by atoms with Crippen LogP contribution in [-0.2, 0) is 16.1 Å². The number of amides is 3. The Morgan fingerprint density at radius 1 is 0.971 bits per heavy atom. The summed E-state index contributed by atoms with van der Waals surface area (Å²) >= 11 is 0. The van der Waals surface area contributed by atoms with Crippen molar-refractivity contribution in [2.75, 3.05) is 47.0 Å². The van der Waals surface area contributed by atoms with E-state index in [-0.39, 0.29) is 11.9 Å². The highest BCUT2D eigenvalue weighted by atomic mass is 16.5. The lowest BCUT2D eigenvalue weighted by Crippen LogP contribution is -2.56. The van der Waals surface area contributed by atoms with Gasteiger partial charge in [-0.15, -0.1) is 0 Å². The van der Waals surface area contributed by atoms with Crippen molar-refractivity contribution in [1.29, 1.82) is 0 Å². The number of hydrogen-bond acceptors (Lipinski definition) is 5. The smallest absolute Gasteiger partial charge is 0.327 e. The molecule has 186 valence electrons. The first-order valence-corrected chi connectivity index (χ1v) is 12.3. The zero-order chi connectivity index (χ0) is 24.7. The molecule has 0 radical (unpaired) electrons. The molecule has 0 atom stereocenters. The third-order valence-corrected chi connectivity index (χ3v) is 7.01. The molecule has 0 bridgehead atoms. The maximum atomic E-state index is 13.7. The highest BCUT2D eigenvalue weighted by Gasteiger charge is 2.57. The number of rotatable bonds is 10. The maximum absolute atomic E-state index is 13.7. The Hall–Kier alpha value is -3.16. The first-order valence-electron chi connectivity index (χ1n) is 12.3. The largest absolute Gasteiger partial charge is 0.497 e. The summed E-state index contributed by atoms with van der Waals surface area (Å²) in [5.41, 5.74) is 1.33. The number of nitrogens with zero attached hydrogens (tertiary/aromatic N) is 3. The molecule has 0 aromatic heterocycles. The van der Waals surface area contributed by atoms with Crippen molar-refractivity contribution < 1.29 is 19.1 Å². The summed E-state index contributed by atoms with van der Waals surface area (Å²) in [5, 5.41) is 0. The number of benzene rings is 2. The zero-order valence-corrected chi connectivity index (χ0v) is 20.7. The van der Waals surface area contributed by atoms with E-state index in [0.29, 0.717) is 39.0 Å². The van der Waals surface area contributed by atoms with Gasteiger partial charge in [0, 0.05) is 39.9 Å². The van der Waals surface area contributed by atoms with Gasteiger partial charge in [-0.05, 0) is 42.5 Å². The summed E-state index contributed by atoms with van der Waals surface area (Å²) in [6, 6.07) is 17.5. The lowest BCUT2D eigenvalue weighted by molar-refractivity contribution is -0.136. The minimum absolute atomic E-state index is 0.0582. The highest BCUT2D eigenvalue weighted by molar-refractivity contribution is 6.07. The van der Waals surface area contributed by atoms with Gasteiger partial charge < -0.3 is 14.4 Å². The fourth-order valence-corrected chi connectivity index (χ4v) is 5.01. The Bertz CT molecular complexity index is 1010. The van der Waals surface area contributed by atoms with Crippen molar-refractivity contribution in [3.63, 3.8) is 0 Å². The van der Waals surface area contributed by atoms with Gasteiger partial charge >= 0.3 is 6.03 Å². The summed E-state index contributed by atoms with van der Waals surface area (Å²) in [4.78, 5) is 32.7. The molecular formula is C28H35N3O4. The van der Waals surface area contributed by atoms with E-state index in [0.717, 1.165) is 36.5 Å². The fraction of sp³-hybridized carbons (Fsp3) is 0.429.